The monoisotopic (exact) mass is 393 g/mol. The van der Waals surface area contributed by atoms with E-state index in [1.54, 1.807) is 18.2 Å². The van der Waals surface area contributed by atoms with Crippen molar-refractivity contribution in [3.05, 3.63) is 63.8 Å². The van der Waals surface area contributed by atoms with E-state index in [9.17, 15) is 18.7 Å². The quantitative estimate of drug-likeness (QED) is 0.730. The van der Waals surface area contributed by atoms with Crippen LogP contribution in [0.2, 0.25) is 0 Å². The van der Waals surface area contributed by atoms with Crippen LogP contribution in [0.1, 0.15) is 16.1 Å². The molecule has 2 aromatic carbocycles. The first-order chi connectivity index (χ1) is 11.4. The minimum absolute atomic E-state index is 0.00243. The molecular formula is C16H10BrF2N3O2. The SMILES string of the molecule is Cc1cc(-n2nnc(C(=O)O)c2-c2cc(F)cc(F)c2)ccc1Br. The molecule has 8 heteroatoms. The maximum atomic E-state index is 13.6. The molecule has 0 radical (unpaired) electrons. The van der Waals surface area contributed by atoms with Gasteiger partial charge in [-0.15, -0.1) is 5.10 Å². The van der Waals surface area contributed by atoms with Crippen LogP contribution < -0.4 is 0 Å². The van der Waals surface area contributed by atoms with Crippen LogP contribution in [0.4, 0.5) is 8.78 Å². The summed E-state index contributed by atoms with van der Waals surface area (Å²) in [6.07, 6.45) is 0. The maximum Gasteiger partial charge on any atom is 0.358 e. The number of hydrogen-bond acceptors (Lipinski definition) is 3. The third-order valence-electron chi connectivity index (χ3n) is 3.39. The Bertz CT molecular complexity index is 936. The van der Waals surface area contributed by atoms with E-state index in [1.807, 2.05) is 6.92 Å². The van der Waals surface area contributed by atoms with Gasteiger partial charge in [-0.3, -0.25) is 0 Å². The lowest BCUT2D eigenvalue weighted by atomic mass is 10.1. The van der Waals surface area contributed by atoms with Gasteiger partial charge >= 0.3 is 5.97 Å². The van der Waals surface area contributed by atoms with Crippen molar-refractivity contribution in [2.75, 3.05) is 0 Å². The van der Waals surface area contributed by atoms with Crippen molar-refractivity contribution >= 4 is 21.9 Å². The second-order valence-electron chi connectivity index (χ2n) is 5.10. The number of benzene rings is 2. The summed E-state index contributed by atoms with van der Waals surface area (Å²) in [5.74, 6) is -2.98. The molecule has 0 saturated heterocycles. The highest BCUT2D eigenvalue weighted by Gasteiger charge is 2.22. The minimum atomic E-state index is -1.34. The van der Waals surface area contributed by atoms with E-state index in [0.29, 0.717) is 11.8 Å². The van der Waals surface area contributed by atoms with Crippen molar-refractivity contribution in [2.24, 2.45) is 0 Å². The van der Waals surface area contributed by atoms with E-state index in [-0.39, 0.29) is 17.0 Å². The molecule has 0 unspecified atom stereocenters. The Balaban J connectivity index is 2.28. The zero-order chi connectivity index (χ0) is 17.4. The molecule has 0 fully saturated rings. The number of carboxylic acid groups (broad SMARTS) is 1. The van der Waals surface area contributed by atoms with E-state index >= 15 is 0 Å². The number of aromatic nitrogens is 3. The van der Waals surface area contributed by atoms with Crippen molar-refractivity contribution < 1.29 is 18.7 Å². The van der Waals surface area contributed by atoms with Crippen molar-refractivity contribution in [1.29, 1.82) is 0 Å². The number of carbonyl (C=O) groups is 1. The van der Waals surface area contributed by atoms with Crippen molar-refractivity contribution in [2.45, 2.75) is 6.92 Å². The largest absolute Gasteiger partial charge is 0.476 e. The number of nitrogens with zero attached hydrogens (tertiary/aromatic N) is 3. The lowest BCUT2D eigenvalue weighted by molar-refractivity contribution is 0.0691. The molecule has 1 N–H and O–H groups in total. The standard InChI is InChI=1S/C16H10BrF2N3O2/c1-8-4-12(2-3-13(8)17)22-15(14(16(23)24)20-21-22)9-5-10(18)7-11(19)6-9/h2-7H,1H3,(H,23,24). The molecule has 0 atom stereocenters. The van der Waals surface area contributed by atoms with Gasteiger partial charge in [0.05, 0.1) is 5.69 Å². The van der Waals surface area contributed by atoms with Crippen molar-refractivity contribution in [3.8, 4) is 16.9 Å². The zero-order valence-electron chi connectivity index (χ0n) is 12.3. The van der Waals surface area contributed by atoms with Gasteiger partial charge in [-0.1, -0.05) is 21.1 Å². The van der Waals surface area contributed by atoms with Crippen LogP contribution in [-0.2, 0) is 0 Å². The van der Waals surface area contributed by atoms with E-state index in [0.717, 1.165) is 22.2 Å². The van der Waals surface area contributed by atoms with Crippen LogP contribution in [0, 0.1) is 18.6 Å². The Morgan fingerprint density at radius 2 is 1.83 bits per heavy atom. The number of rotatable bonds is 3. The third-order valence-corrected chi connectivity index (χ3v) is 4.28. The van der Waals surface area contributed by atoms with Gasteiger partial charge in [0.1, 0.15) is 17.3 Å². The first-order valence-electron chi connectivity index (χ1n) is 6.79. The molecule has 5 nitrogen and oxygen atoms in total. The van der Waals surface area contributed by atoms with E-state index in [2.05, 4.69) is 26.2 Å². The van der Waals surface area contributed by atoms with Gasteiger partial charge in [-0.2, -0.15) is 0 Å². The van der Waals surface area contributed by atoms with Gasteiger partial charge in [0.25, 0.3) is 0 Å². The molecule has 0 amide bonds. The summed E-state index contributed by atoms with van der Waals surface area (Å²) in [6.45, 7) is 1.85. The van der Waals surface area contributed by atoms with E-state index in [1.165, 1.54) is 4.68 Å². The molecular weight excluding hydrogens is 384 g/mol. The minimum Gasteiger partial charge on any atom is -0.476 e. The van der Waals surface area contributed by atoms with Gasteiger partial charge in [-0.05, 0) is 42.8 Å². The van der Waals surface area contributed by atoms with Crippen LogP contribution in [0.3, 0.4) is 0 Å². The average molecular weight is 394 g/mol. The van der Waals surface area contributed by atoms with Gasteiger partial charge in [0.2, 0.25) is 0 Å². The fourth-order valence-electron chi connectivity index (χ4n) is 2.32. The summed E-state index contributed by atoms with van der Waals surface area (Å²) in [7, 11) is 0. The highest BCUT2D eigenvalue weighted by atomic mass is 79.9. The topological polar surface area (TPSA) is 68.0 Å². The molecule has 0 aliphatic carbocycles. The van der Waals surface area contributed by atoms with Crippen molar-refractivity contribution in [3.63, 3.8) is 0 Å². The number of aryl methyl sites for hydroxylation is 1. The normalized spacial score (nSPS) is 10.8. The molecule has 24 heavy (non-hydrogen) atoms. The maximum absolute atomic E-state index is 13.6. The predicted octanol–water partition coefficient (Wildman–Crippen LogP) is 3.98. The van der Waals surface area contributed by atoms with Gasteiger partial charge in [0.15, 0.2) is 5.69 Å². The van der Waals surface area contributed by atoms with Crippen LogP contribution in [0.15, 0.2) is 40.9 Å². The summed E-state index contributed by atoms with van der Waals surface area (Å²) < 4.78 is 29.2. The van der Waals surface area contributed by atoms with E-state index < -0.39 is 17.6 Å². The Hall–Kier alpha value is -2.61. The van der Waals surface area contributed by atoms with Gasteiger partial charge in [0, 0.05) is 16.1 Å². The third kappa shape index (κ3) is 2.92. The average Bonchev–Trinajstić information content (AvgIpc) is 2.94. The summed E-state index contributed by atoms with van der Waals surface area (Å²) in [6, 6.07) is 8.00. The zero-order valence-corrected chi connectivity index (χ0v) is 13.9. The Kier molecular flexibility index (Phi) is 4.15. The molecule has 122 valence electrons. The molecule has 3 aromatic rings. The molecule has 3 rings (SSSR count). The van der Waals surface area contributed by atoms with E-state index in [4.69, 9.17) is 0 Å². The van der Waals surface area contributed by atoms with Crippen molar-refractivity contribution in [1.82, 2.24) is 15.0 Å². The number of halogens is 3. The lowest BCUT2D eigenvalue weighted by Crippen LogP contribution is -2.04. The highest BCUT2D eigenvalue weighted by molar-refractivity contribution is 9.10. The number of aromatic carboxylic acids is 1. The summed E-state index contributed by atoms with van der Waals surface area (Å²) in [5, 5.41) is 16.8. The van der Waals surface area contributed by atoms with Gasteiger partial charge < -0.3 is 5.11 Å². The Morgan fingerprint density at radius 1 is 1.17 bits per heavy atom. The molecule has 0 spiro atoms. The first-order valence-corrected chi connectivity index (χ1v) is 7.58. The second-order valence-corrected chi connectivity index (χ2v) is 5.95. The molecule has 0 saturated carbocycles. The molecule has 1 aromatic heterocycles. The Labute approximate surface area is 143 Å². The summed E-state index contributed by atoms with van der Waals surface area (Å²) in [5.41, 5.74) is 1.06. The summed E-state index contributed by atoms with van der Waals surface area (Å²) >= 11 is 3.37. The van der Waals surface area contributed by atoms with Gasteiger partial charge in [-0.25, -0.2) is 18.3 Å². The molecule has 1 heterocycles. The van der Waals surface area contributed by atoms with Crippen LogP contribution in [0.25, 0.3) is 16.9 Å². The second kappa shape index (κ2) is 6.12. The fourth-order valence-corrected chi connectivity index (χ4v) is 2.56. The number of carboxylic acids is 1. The first kappa shape index (κ1) is 16.3. The smallest absolute Gasteiger partial charge is 0.358 e. The van der Waals surface area contributed by atoms with Crippen LogP contribution in [-0.4, -0.2) is 26.1 Å². The fraction of sp³-hybridized carbons (Fsp3) is 0.0625. The van der Waals surface area contributed by atoms with Crippen LogP contribution in [0.5, 0.6) is 0 Å². The molecule has 0 aliphatic rings. The molecule has 0 aliphatic heterocycles. The Morgan fingerprint density at radius 3 is 2.42 bits per heavy atom. The van der Waals surface area contributed by atoms with Crippen LogP contribution >= 0.6 is 15.9 Å². The summed E-state index contributed by atoms with van der Waals surface area (Å²) in [4.78, 5) is 11.4. The predicted molar refractivity (Wildman–Crippen MR) is 86.1 cm³/mol. The molecule has 0 bridgehead atoms. The number of hydrogen-bond donors (Lipinski definition) is 1. The lowest BCUT2D eigenvalue weighted by Gasteiger charge is -2.09. The highest BCUT2D eigenvalue weighted by Crippen LogP contribution is 2.28.